The van der Waals surface area contributed by atoms with Crippen molar-refractivity contribution >= 4 is 17.4 Å². The number of hydrogen-bond donors (Lipinski definition) is 0. The Bertz CT molecular complexity index is 493. The first kappa shape index (κ1) is 15.5. The van der Waals surface area contributed by atoms with Gasteiger partial charge in [0.25, 0.3) is 0 Å². The fourth-order valence-electron chi connectivity index (χ4n) is 2.82. The lowest BCUT2D eigenvalue weighted by atomic mass is 9.76. The SMILES string of the molecule is COC1(C(=O)Cc2ccc(Cl)c(F)c2)CCC(C)CC1. The fraction of sp³-hybridized carbons (Fsp3) is 0.562. The Morgan fingerprint density at radius 1 is 1.45 bits per heavy atom. The van der Waals surface area contributed by atoms with Crippen molar-refractivity contribution in [1.29, 1.82) is 0 Å². The number of hydrogen-bond acceptors (Lipinski definition) is 2. The number of halogens is 2. The summed E-state index contributed by atoms with van der Waals surface area (Å²) in [5, 5.41) is 0.0779. The molecule has 2 nitrogen and oxygen atoms in total. The molecule has 0 N–H and O–H groups in total. The van der Waals surface area contributed by atoms with Crippen LogP contribution in [0.25, 0.3) is 0 Å². The van der Waals surface area contributed by atoms with Crippen LogP contribution in [-0.2, 0) is 16.0 Å². The van der Waals surface area contributed by atoms with Gasteiger partial charge in [0.2, 0.25) is 0 Å². The van der Waals surface area contributed by atoms with Crippen LogP contribution in [0, 0.1) is 11.7 Å². The lowest BCUT2D eigenvalue weighted by Gasteiger charge is -2.37. The Kier molecular flexibility index (Phi) is 4.82. The molecule has 0 amide bonds. The number of ketones is 1. The minimum absolute atomic E-state index is 0.0358. The third-order valence-electron chi connectivity index (χ3n) is 4.33. The maximum atomic E-state index is 13.4. The number of carbonyl (C=O) groups is 1. The van der Waals surface area contributed by atoms with E-state index in [2.05, 4.69) is 6.92 Å². The van der Waals surface area contributed by atoms with Gasteiger partial charge >= 0.3 is 0 Å². The Hall–Kier alpha value is -0.930. The zero-order valence-electron chi connectivity index (χ0n) is 11.9. The molecular weight excluding hydrogens is 279 g/mol. The Labute approximate surface area is 124 Å². The van der Waals surface area contributed by atoms with Crippen LogP contribution in [0.2, 0.25) is 5.02 Å². The highest BCUT2D eigenvalue weighted by atomic mass is 35.5. The minimum atomic E-state index is -0.692. The van der Waals surface area contributed by atoms with E-state index in [9.17, 15) is 9.18 Å². The second-order valence-corrected chi connectivity index (χ2v) is 6.14. The second-order valence-electron chi connectivity index (χ2n) is 5.73. The highest BCUT2D eigenvalue weighted by molar-refractivity contribution is 6.30. The van der Waals surface area contributed by atoms with Crippen molar-refractivity contribution < 1.29 is 13.9 Å². The summed E-state index contributed by atoms with van der Waals surface area (Å²) in [6, 6.07) is 4.51. The van der Waals surface area contributed by atoms with Crippen LogP contribution >= 0.6 is 11.6 Å². The molecule has 0 bridgehead atoms. The largest absolute Gasteiger partial charge is 0.370 e. The Morgan fingerprint density at radius 3 is 2.65 bits per heavy atom. The first-order valence-corrected chi connectivity index (χ1v) is 7.37. The highest BCUT2D eigenvalue weighted by Gasteiger charge is 2.40. The monoisotopic (exact) mass is 298 g/mol. The van der Waals surface area contributed by atoms with E-state index in [4.69, 9.17) is 16.3 Å². The second kappa shape index (κ2) is 6.23. The molecule has 1 fully saturated rings. The predicted octanol–water partition coefficient (Wildman–Crippen LogP) is 4.19. The molecule has 0 aromatic heterocycles. The van der Waals surface area contributed by atoms with Gasteiger partial charge in [-0.2, -0.15) is 0 Å². The van der Waals surface area contributed by atoms with Crippen LogP contribution in [0.3, 0.4) is 0 Å². The van der Waals surface area contributed by atoms with E-state index in [0.29, 0.717) is 11.5 Å². The third-order valence-corrected chi connectivity index (χ3v) is 4.64. The van der Waals surface area contributed by atoms with E-state index in [0.717, 1.165) is 25.7 Å². The van der Waals surface area contributed by atoms with Crippen LogP contribution in [0.5, 0.6) is 0 Å². The summed E-state index contributed by atoms with van der Waals surface area (Å²) >= 11 is 5.65. The first-order chi connectivity index (χ1) is 9.47. The van der Waals surface area contributed by atoms with Crippen LogP contribution in [-0.4, -0.2) is 18.5 Å². The average Bonchev–Trinajstić information content (AvgIpc) is 2.44. The van der Waals surface area contributed by atoms with Crippen molar-refractivity contribution in [1.82, 2.24) is 0 Å². The van der Waals surface area contributed by atoms with Gasteiger partial charge in [0.1, 0.15) is 11.4 Å². The summed E-state index contributed by atoms with van der Waals surface area (Å²) < 4.78 is 19.0. The van der Waals surface area contributed by atoms with Gasteiger partial charge < -0.3 is 4.74 Å². The molecule has 1 aliphatic carbocycles. The van der Waals surface area contributed by atoms with Gasteiger partial charge in [-0.1, -0.05) is 24.6 Å². The number of methoxy groups -OCH3 is 1. The van der Waals surface area contributed by atoms with E-state index in [1.165, 1.54) is 12.1 Å². The van der Waals surface area contributed by atoms with Gasteiger partial charge in [-0.15, -0.1) is 0 Å². The van der Waals surface area contributed by atoms with Crippen molar-refractivity contribution in [2.24, 2.45) is 5.92 Å². The van der Waals surface area contributed by atoms with Crippen LogP contribution < -0.4 is 0 Å². The Balaban J connectivity index is 2.11. The summed E-state index contributed by atoms with van der Waals surface area (Å²) in [5.41, 5.74) is -0.0465. The third kappa shape index (κ3) is 3.21. The normalized spacial score (nSPS) is 26.5. The topological polar surface area (TPSA) is 26.3 Å². The number of carbonyl (C=O) groups excluding carboxylic acids is 1. The molecule has 0 heterocycles. The van der Waals surface area contributed by atoms with Gasteiger partial charge in [0, 0.05) is 13.5 Å². The number of rotatable bonds is 4. The van der Waals surface area contributed by atoms with E-state index >= 15 is 0 Å². The zero-order chi connectivity index (χ0) is 14.8. The molecule has 0 saturated heterocycles. The van der Waals surface area contributed by atoms with Crippen molar-refractivity contribution in [2.45, 2.75) is 44.6 Å². The molecular formula is C16H20ClFO2. The standard InChI is InChI=1S/C16H20ClFO2/c1-11-5-7-16(20-2,8-6-11)15(19)10-12-3-4-13(17)14(18)9-12/h3-4,9,11H,5-8,10H2,1-2H3. The summed E-state index contributed by atoms with van der Waals surface area (Å²) in [6.45, 7) is 2.19. The van der Waals surface area contributed by atoms with Crippen molar-refractivity contribution in [2.75, 3.05) is 7.11 Å². The molecule has 1 aromatic rings. The lowest BCUT2D eigenvalue weighted by molar-refractivity contribution is -0.145. The van der Waals surface area contributed by atoms with Crippen molar-refractivity contribution in [3.8, 4) is 0 Å². The lowest BCUT2D eigenvalue weighted by Crippen LogP contribution is -2.44. The molecule has 0 radical (unpaired) electrons. The van der Waals surface area contributed by atoms with Crippen LogP contribution in [0.4, 0.5) is 4.39 Å². The molecule has 0 spiro atoms. The molecule has 110 valence electrons. The van der Waals surface area contributed by atoms with Crippen LogP contribution in [0.1, 0.15) is 38.2 Å². The molecule has 1 aromatic carbocycles. The van der Waals surface area contributed by atoms with Crippen LogP contribution in [0.15, 0.2) is 18.2 Å². The summed E-state index contributed by atoms with van der Waals surface area (Å²) in [5.74, 6) is 0.188. The maximum absolute atomic E-state index is 13.4. The van der Waals surface area contributed by atoms with Gasteiger partial charge in [-0.3, -0.25) is 4.79 Å². The molecule has 0 aliphatic heterocycles. The average molecular weight is 299 g/mol. The quantitative estimate of drug-likeness (QED) is 0.833. The predicted molar refractivity (Wildman–Crippen MR) is 77.5 cm³/mol. The highest BCUT2D eigenvalue weighted by Crippen LogP contribution is 2.35. The van der Waals surface area contributed by atoms with E-state index < -0.39 is 11.4 Å². The molecule has 1 saturated carbocycles. The maximum Gasteiger partial charge on any atom is 0.168 e. The minimum Gasteiger partial charge on any atom is -0.370 e. The van der Waals surface area contributed by atoms with Crippen molar-refractivity contribution in [3.05, 3.63) is 34.6 Å². The summed E-state index contributed by atoms with van der Waals surface area (Å²) in [7, 11) is 1.59. The molecule has 0 atom stereocenters. The molecule has 20 heavy (non-hydrogen) atoms. The van der Waals surface area contributed by atoms with E-state index in [1.807, 2.05) is 0 Å². The number of Topliss-reactive ketones (excluding diaryl/α,β-unsaturated/α-hetero) is 1. The summed E-state index contributed by atoms with van der Waals surface area (Å²) in [6.07, 6.45) is 3.68. The fourth-order valence-corrected chi connectivity index (χ4v) is 2.94. The van der Waals surface area contributed by atoms with Gasteiger partial charge in [-0.05, 0) is 49.3 Å². The Morgan fingerprint density at radius 2 is 2.10 bits per heavy atom. The number of benzene rings is 1. The number of ether oxygens (including phenoxy) is 1. The van der Waals surface area contributed by atoms with E-state index in [1.54, 1.807) is 13.2 Å². The summed E-state index contributed by atoms with van der Waals surface area (Å²) in [4.78, 5) is 12.5. The molecule has 2 rings (SSSR count). The zero-order valence-corrected chi connectivity index (χ0v) is 12.7. The smallest absolute Gasteiger partial charge is 0.168 e. The molecule has 0 unspecified atom stereocenters. The van der Waals surface area contributed by atoms with Crippen molar-refractivity contribution in [3.63, 3.8) is 0 Å². The molecule has 1 aliphatic rings. The molecule has 4 heteroatoms. The first-order valence-electron chi connectivity index (χ1n) is 6.99. The van der Waals surface area contributed by atoms with Gasteiger partial charge in [-0.25, -0.2) is 4.39 Å². The van der Waals surface area contributed by atoms with Gasteiger partial charge in [0.05, 0.1) is 5.02 Å². The van der Waals surface area contributed by atoms with Gasteiger partial charge in [0.15, 0.2) is 5.78 Å². The van der Waals surface area contributed by atoms with E-state index in [-0.39, 0.29) is 17.2 Å².